The van der Waals surface area contributed by atoms with Crippen molar-refractivity contribution in [3.8, 4) is 0 Å². The fourth-order valence-corrected chi connectivity index (χ4v) is 7.05. The van der Waals surface area contributed by atoms with E-state index in [0.717, 1.165) is 6.42 Å². The largest absolute Gasteiger partial charge is 0.459 e. The normalized spacial score (nSPS) is 53.0. The zero-order valence-corrected chi connectivity index (χ0v) is 19.0. The van der Waals surface area contributed by atoms with Crippen molar-refractivity contribution in [1.29, 1.82) is 0 Å². The maximum Gasteiger partial charge on any atom is 0.309 e. The van der Waals surface area contributed by atoms with Gasteiger partial charge in [0.1, 0.15) is 17.3 Å². The van der Waals surface area contributed by atoms with Gasteiger partial charge in [-0.25, -0.2) is 0 Å². The van der Waals surface area contributed by atoms with Gasteiger partial charge in [-0.15, -0.1) is 0 Å². The van der Waals surface area contributed by atoms with Gasteiger partial charge >= 0.3 is 11.9 Å². The summed E-state index contributed by atoms with van der Waals surface area (Å²) in [6.07, 6.45) is 1.90. The van der Waals surface area contributed by atoms with Crippen molar-refractivity contribution >= 4 is 11.9 Å². The van der Waals surface area contributed by atoms with Crippen molar-refractivity contribution in [3.05, 3.63) is 0 Å². The maximum atomic E-state index is 13.0. The standard InChI is InChI=1S/C23H36O7/c1-12-14-7-9-22(4,29-13(2)24)18-15-11-21(3,26)16(27-6)8-10-23(5,30-20(12)25)19(28-15)17(14)18/h12,14-19,26H,7-11H2,1-6H3/t12?,14?,15?,16?,17?,18?,19?,21-,22-,23+/m1/s1. The third-order valence-corrected chi connectivity index (χ3v) is 8.48. The Balaban J connectivity index is 1.85. The van der Waals surface area contributed by atoms with Gasteiger partial charge in [-0.2, -0.15) is 0 Å². The number of hydrogen-bond acceptors (Lipinski definition) is 7. The smallest absolute Gasteiger partial charge is 0.309 e. The highest BCUT2D eigenvalue weighted by atomic mass is 16.6. The summed E-state index contributed by atoms with van der Waals surface area (Å²) in [5.41, 5.74) is -2.64. The third kappa shape index (κ3) is 3.28. The van der Waals surface area contributed by atoms with Gasteiger partial charge in [0.05, 0.1) is 23.7 Å². The highest BCUT2D eigenvalue weighted by Gasteiger charge is 2.67. The highest BCUT2D eigenvalue weighted by Crippen LogP contribution is 2.60. The van der Waals surface area contributed by atoms with Crippen LogP contribution in [0, 0.1) is 23.7 Å². The third-order valence-electron chi connectivity index (χ3n) is 8.48. The van der Waals surface area contributed by atoms with E-state index in [1.54, 1.807) is 14.0 Å². The summed E-state index contributed by atoms with van der Waals surface area (Å²) in [7, 11) is 1.60. The lowest BCUT2D eigenvalue weighted by Crippen LogP contribution is -2.56. The molecule has 2 bridgehead atoms. The molecule has 0 amide bonds. The van der Waals surface area contributed by atoms with Crippen molar-refractivity contribution in [1.82, 2.24) is 0 Å². The Bertz CT molecular complexity index is 720. The summed E-state index contributed by atoms with van der Waals surface area (Å²) < 4.78 is 24.4. The molecule has 0 aromatic rings. The molecule has 170 valence electrons. The first-order chi connectivity index (χ1) is 13.9. The van der Waals surface area contributed by atoms with Crippen molar-refractivity contribution in [3.63, 3.8) is 0 Å². The summed E-state index contributed by atoms with van der Waals surface area (Å²) in [4.78, 5) is 25.0. The van der Waals surface area contributed by atoms with Crippen LogP contribution in [-0.2, 0) is 28.5 Å². The lowest BCUT2D eigenvalue weighted by atomic mass is 9.57. The van der Waals surface area contributed by atoms with E-state index in [4.69, 9.17) is 18.9 Å². The summed E-state index contributed by atoms with van der Waals surface area (Å²) in [6.45, 7) is 9.11. The molecular formula is C23H36O7. The van der Waals surface area contributed by atoms with Gasteiger partial charge in [-0.3, -0.25) is 9.59 Å². The van der Waals surface area contributed by atoms with E-state index in [-0.39, 0.29) is 47.8 Å². The average Bonchev–Trinajstić information content (AvgIpc) is 2.99. The SMILES string of the molecule is COC1CC[C@]2(C)OC(=O)C(C)C3CC[C@@](C)(OC(C)=O)C4C(C[C@@]1(C)O)OC2C34. The molecular weight excluding hydrogens is 388 g/mol. The number of esters is 2. The van der Waals surface area contributed by atoms with Gasteiger partial charge in [-0.1, -0.05) is 6.92 Å². The van der Waals surface area contributed by atoms with Crippen LogP contribution >= 0.6 is 0 Å². The predicted molar refractivity (Wildman–Crippen MR) is 107 cm³/mol. The second kappa shape index (κ2) is 7.17. The molecule has 7 nitrogen and oxygen atoms in total. The highest BCUT2D eigenvalue weighted by molar-refractivity contribution is 5.73. The van der Waals surface area contributed by atoms with Crippen LogP contribution in [0.4, 0.5) is 0 Å². The van der Waals surface area contributed by atoms with Crippen molar-refractivity contribution in [2.45, 2.75) is 102 Å². The van der Waals surface area contributed by atoms with Crippen LogP contribution in [0.2, 0.25) is 0 Å². The Labute approximate surface area is 178 Å². The molecule has 0 aromatic carbocycles. The van der Waals surface area contributed by atoms with Crippen LogP contribution in [0.3, 0.4) is 0 Å². The molecule has 0 aromatic heterocycles. The minimum atomic E-state index is -1.11. The van der Waals surface area contributed by atoms with Gasteiger partial charge in [-0.05, 0) is 52.4 Å². The van der Waals surface area contributed by atoms with E-state index < -0.39 is 22.9 Å². The zero-order chi connectivity index (χ0) is 22.1. The molecule has 4 aliphatic rings. The van der Waals surface area contributed by atoms with Crippen LogP contribution in [0.1, 0.15) is 66.7 Å². The molecule has 3 aliphatic heterocycles. The molecule has 3 heterocycles. The van der Waals surface area contributed by atoms with Crippen LogP contribution in [-0.4, -0.2) is 59.3 Å². The molecule has 1 aliphatic carbocycles. The molecule has 7 heteroatoms. The molecule has 30 heavy (non-hydrogen) atoms. The Morgan fingerprint density at radius 1 is 1.20 bits per heavy atom. The Kier molecular flexibility index (Phi) is 5.27. The number of ether oxygens (including phenoxy) is 4. The van der Waals surface area contributed by atoms with Gasteiger partial charge in [0.25, 0.3) is 0 Å². The number of methoxy groups -OCH3 is 1. The second-order valence-electron chi connectivity index (χ2n) is 10.7. The Morgan fingerprint density at radius 2 is 1.90 bits per heavy atom. The van der Waals surface area contributed by atoms with E-state index in [9.17, 15) is 14.7 Å². The van der Waals surface area contributed by atoms with Crippen LogP contribution in [0.25, 0.3) is 0 Å². The number of hydrogen-bond donors (Lipinski definition) is 1. The van der Waals surface area contributed by atoms with Crippen LogP contribution in [0.5, 0.6) is 0 Å². The number of fused-ring (bicyclic) bond motifs is 2. The monoisotopic (exact) mass is 424 g/mol. The molecule has 4 rings (SSSR count). The molecule has 0 radical (unpaired) electrons. The van der Waals surface area contributed by atoms with E-state index in [2.05, 4.69) is 0 Å². The van der Waals surface area contributed by atoms with E-state index in [0.29, 0.717) is 25.7 Å². The van der Waals surface area contributed by atoms with Gasteiger partial charge < -0.3 is 24.1 Å². The molecule has 1 saturated carbocycles. The molecule has 0 spiro atoms. The number of rotatable bonds is 2. The van der Waals surface area contributed by atoms with Crippen molar-refractivity contribution in [2.24, 2.45) is 23.7 Å². The van der Waals surface area contributed by atoms with E-state index >= 15 is 0 Å². The summed E-state index contributed by atoms with van der Waals surface area (Å²) >= 11 is 0. The quantitative estimate of drug-likeness (QED) is 0.681. The molecule has 7 unspecified atom stereocenters. The summed E-state index contributed by atoms with van der Waals surface area (Å²) in [5, 5.41) is 11.3. The van der Waals surface area contributed by atoms with Crippen LogP contribution in [0.15, 0.2) is 0 Å². The minimum Gasteiger partial charge on any atom is -0.459 e. The van der Waals surface area contributed by atoms with Gasteiger partial charge in [0.15, 0.2) is 0 Å². The van der Waals surface area contributed by atoms with Gasteiger partial charge in [0, 0.05) is 32.3 Å². The first kappa shape index (κ1) is 22.0. The number of carbonyl (C=O) groups is 2. The molecule has 1 N–H and O–H groups in total. The Hall–Kier alpha value is -1.18. The molecule has 4 fully saturated rings. The first-order valence-corrected chi connectivity index (χ1v) is 11.2. The lowest BCUT2D eigenvalue weighted by molar-refractivity contribution is -0.182. The summed E-state index contributed by atoms with van der Waals surface area (Å²) in [5.74, 6) is -0.746. The zero-order valence-electron chi connectivity index (χ0n) is 19.0. The number of aliphatic hydroxyl groups is 1. The fraction of sp³-hybridized carbons (Fsp3) is 0.913. The summed E-state index contributed by atoms with van der Waals surface area (Å²) in [6, 6.07) is 0. The lowest BCUT2D eigenvalue weighted by Gasteiger charge is -2.49. The van der Waals surface area contributed by atoms with Crippen molar-refractivity contribution in [2.75, 3.05) is 7.11 Å². The van der Waals surface area contributed by atoms with Gasteiger partial charge in [0.2, 0.25) is 0 Å². The van der Waals surface area contributed by atoms with Crippen LogP contribution < -0.4 is 0 Å². The molecule has 3 saturated heterocycles. The fourth-order valence-electron chi connectivity index (χ4n) is 7.05. The second-order valence-corrected chi connectivity index (χ2v) is 10.7. The van der Waals surface area contributed by atoms with Crippen molar-refractivity contribution < 1.29 is 33.6 Å². The first-order valence-electron chi connectivity index (χ1n) is 11.2. The molecule has 10 atom stereocenters. The number of carbonyl (C=O) groups excluding carboxylic acids is 2. The predicted octanol–water partition coefficient (Wildman–Crippen LogP) is 2.62. The maximum absolute atomic E-state index is 13.0. The van der Waals surface area contributed by atoms with E-state index in [1.807, 2.05) is 20.8 Å². The Morgan fingerprint density at radius 3 is 2.53 bits per heavy atom. The average molecular weight is 425 g/mol. The topological polar surface area (TPSA) is 91.3 Å². The minimum absolute atomic E-state index is 0.0226. The van der Waals surface area contributed by atoms with E-state index in [1.165, 1.54) is 6.92 Å².